The zero-order chi connectivity index (χ0) is 14.0. The van der Waals surface area contributed by atoms with E-state index in [2.05, 4.69) is 19.2 Å². The standard InChI is InChI=1S/C15H20FNO2/c1-15(2)8-4-3-5-11(15)14(19)17-13-7-6-10(18)9-12(13)16/h6-7,9,11,18H,3-5,8H2,1-2H3,(H,17,19). The van der Waals surface area contributed by atoms with Crippen LogP contribution in [0.15, 0.2) is 18.2 Å². The van der Waals surface area contributed by atoms with Gasteiger partial charge in [0.15, 0.2) is 0 Å². The van der Waals surface area contributed by atoms with Crippen LogP contribution in [-0.2, 0) is 4.79 Å². The molecule has 104 valence electrons. The van der Waals surface area contributed by atoms with Crippen molar-refractivity contribution in [3.63, 3.8) is 0 Å². The maximum Gasteiger partial charge on any atom is 0.228 e. The van der Waals surface area contributed by atoms with Crippen LogP contribution in [0.3, 0.4) is 0 Å². The Morgan fingerprint density at radius 1 is 1.42 bits per heavy atom. The lowest BCUT2D eigenvalue weighted by molar-refractivity contribution is -0.124. The number of benzene rings is 1. The summed E-state index contributed by atoms with van der Waals surface area (Å²) in [7, 11) is 0. The first-order valence-corrected chi connectivity index (χ1v) is 6.69. The van der Waals surface area contributed by atoms with Crippen LogP contribution >= 0.6 is 0 Å². The van der Waals surface area contributed by atoms with Gasteiger partial charge >= 0.3 is 0 Å². The molecule has 1 amide bonds. The van der Waals surface area contributed by atoms with E-state index in [1.54, 1.807) is 0 Å². The molecule has 1 fully saturated rings. The summed E-state index contributed by atoms with van der Waals surface area (Å²) in [6, 6.07) is 3.75. The zero-order valence-corrected chi connectivity index (χ0v) is 11.4. The maximum atomic E-state index is 13.6. The van der Waals surface area contributed by atoms with Gasteiger partial charge in [-0.2, -0.15) is 0 Å². The Morgan fingerprint density at radius 2 is 2.16 bits per heavy atom. The number of anilines is 1. The molecular formula is C15H20FNO2. The largest absolute Gasteiger partial charge is 0.508 e. The minimum absolute atomic E-state index is 0.0459. The predicted molar refractivity (Wildman–Crippen MR) is 72.4 cm³/mol. The second-order valence-electron chi connectivity index (χ2n) is 5.94. The number of phenols is 1. The number of nitrogens with one attached hydrogen (secondary N) is 1. The van der Waals surface area contributed by atoms with Gasteiger partial charge < -0.3 is 10.4 Å². The number of aromatic hydroxyl groups is 1. The quantitative estimate of drug-likeness (QED) is 0.801. The Bertz CT molecular complexity index is 485. The molecule has 0 spiro atoms. The van der Waals surface area contributed by atoms with E-state index in [1.165, 1.54) is 12.1 Å². The first kappa shape index (κ1) is 13.8. The molecule has 4 heteroatoms. The summed E-state index contributed by atoms with van der Waals surface area (Å²) in [6.07, 6.45) is 4.05. The third kappa shape index (κ3) is 3.06. The van der Waals surface area contributed by atoms with Gasteiger partial charge in [-0.05, 0) is 30.4 Å². The molecule has 1 aromatic rings. The summed E-state index contributed by atoms with van der Waals surface area (Å²) in [5.74, 6) is -0.973. The molecule has 1 aromatic carbocycles. The van der Waals surface area contributed by atoms with Gasteiger partial charge in [-0.25, -0.2) is 4.39 Å². The molecule has 1 aliphatic rings. The fourth-order valence-corrected chi connectivity index (χ4v) is 2.81. The molecular weight excluding hydrogens is 245 g/mol. The molecule has 0 aromatic heterocycles. The average molecular weight is 265 g/mol. The number of halogens is 1. The number of carbonyl (C=O) groups is 1. The summed E-state index contributed by atoms with van der Waals surface area (Å²) in [4.78, 5) is 12.3. The molecule has 1 atom stereocenters. The summed E-state index contributed by atoms with van der Waals surface area (Å²) in [5, 5.41) is 11.8. The number of hydrogen-bond donors (Lipinski definition) is 2. The fraction of sp³-hybridized carbons (Fsp3) is 0.533. The van der Waals surface area contributed by atoms with Crippen molar-refractivity contribution in [1.29, 1.82) is 0 Å². The maximum absolute atomic E-state index is 13.6. The minimum atomic E-state index is -0.609. The minimum Gasteiger partial charge on any atom is -0.508 e. The SMILES string of the molecule is CC1(C)CCCCC1C(=O)Nc1ccc(O)cc1F. The van der Waals surface area contributed by atoms with Crippen LogP contribution in [0.25, 0.3) is 0 Å². The van der Waals surface area contributed by atoms with Crippen LogP contribution in [0.5, 0.6) is 5.75 Å². The summed E-state index contributed by atoms with van der Waals surface area (Å²) in [5.41, 5.74) is 0.0830. The Balaban J connectivity index is 2.12. The van der Waals surface area contributed by atoms with E-state index < -0.39 is 5.82 Å². The van der Waals surface area contributed by atoms with Gasteiger partial charge in [-0.3, -0.25) is 4.79 Å². The van der Waals surface area contributed by atoms with Crippen LogP contribution in [-0.4, -0.2) is 11.0 Å². The molecule has 0 bridgehead atoms. The van der Waals surface area contributed by atoms with E-state index in [9.17, 15) is 9.18 Å². The Labute approximate surface area is 112 Å². The van der Waals surface area contributed by atoms with Gasteiger partial charge in [0.25, 0.3) is 0 Å². The number of amides is 1. The van der Waals surface area contributed by atoms with Crippen molar-refractivity contribution in [2.75, 3.05) is 5.32 Å². The lowest BCUT2D eigenvalue weighted by Gasteiger charge is -2.37. The highest BCUT2D eigenvalue weighted by Gasteiger charge is 2.37. The highest BCUT2D eigenvalue weighted by Crippen LogP contribution is 2.41. The fourth-order valence-electron chi connectivity index (χ4n) is 2.81. The van der Waals surface area contributed by atoms with Crippen molar-refractivity contribution in [3.8, 4) is 5.75 Å². The van der Waals surface area contributed by atoms with Crippen molar-refractivity contribution < 1.29 is 14.3 Å². The number of phenolic OH excluding ortho intramolecular Hbond substituents is 1. The molecule has 0 saturated heterocycles. The van der Waals surface area contributed by atoms with Gasteiger partial charge in [0.2, 0.25) is 5.91 Å². The van der Waals surface area contributed by atoms with Gasteiger partial charge in [0, 0.05) is 12.0 Å². The normalized spacial score (nSPS) is 21.9. The van der Waals surface area contributed by atoms with E-state index >= 15 is 0 Å². The third-order valence-corrected chi connectivity index (χ3v) is 4.03. The second kappa shape index (κ2) is 5.19. The molecule has 3 nitrogen and oxygen atoms in total. The predicted octanol–water partition coefficient (Wildman–Crippen LogP) is 3.69. The zero-order valence-electron chi connectivity index (χ0n) is 11.4. The van der Waals surface area contributed by atoms with Crippen LogP contribution < -0.4 is 5.32 Å². The highest BCUT2D eigenvalue weighted by molar-refractivity contribution is 5.93. The Kier molecular flexibility index (Phi) is 3.78. The topological polar surface area (TPSA) is 49.3 Å². The first-order valence-electron chi connectivity index (χ1n) is 6.69. The van der Waals surface area contributed by atoms with E-state index in [4.69, 9.17) is 5.11 Å². The van der Waals surface area contributed by atoms with Crippen molar-refractivity contribution in [3.05, 3.63) is 24.0 Å². The van der Waals surface area contributed by atoms with Crippen LogP contribution in [0.1, 0.15) is 39.5 Å². The highest BCUT2D eigenvalue weighted by atomic mass is 19.1. The van der Waals surface area contributed by atoms with Crippen molar-refractivity contribution in [1.82, 2.24) is 0 Å². The number of rotatable bonds is 2. The second-order valence-corrected chi connectivity index (χ2v) is 5.94. The summed E-state index contributed by atoms with van der Waals surface area (Å²) in [6.45, 7) is 4.17. The van der Waals surface area contributed by atoms with Gasteiger partial charge in [-0.1, -0.05) is 26.7 Å². The van der Waals surface area contributed by atoms with Crippen LogP contribution in [0.4, 0.5) is 10.1 Å². The van der Waals surface area contributed by atoms with Crippen molar-refractivity contribution >= 4 is 11.6 Å². The van der Waals surface area contributed by atoms with E-state index in [0.717, 1.165) is 31.7 Å². The van der Waals surface area contributed by atoms with Gasteiger partial charge in [-0.15, -0.1) is 0 Å². The first-order chi connectivity index (χ1) is 8.90. The molecule has 1 aliphatic carbocycles. The number of carbonyl (C=O) groups excluding carboxylic acids is 1. The lowest BCUT2D eigenvalue weighted by Crippen LogP contribution is -2.37. The number of hydrogen-bond acceptors (Lipinski definition) is 2. The molecule has 0 aliphatic heterocycles. The molecule has 1 saturated carbocycles. The molecule has 19 heavy (non-hydrogen) atoms. The Morgan fingerprint density at radius 3 is 2.79 bits per heavy atom. The van der Waals surface area contributed by atoms with E-state index in [-0.39, 0.29) is 28.7 Å². The Hall–Kier alpha value is -1.58. The van der Waals surface area contributed by atoms with Crippen molar-refractivity contribution in [2.24, 2.45) is 11.3 Å². The molecule has 0 radical (unpaired) electrons. The monoisotopic (exact) mass is 265 g/mol. The molecule has 1 unspecified atom stereocenters. The average Bonchev–Trinajstić information content (AvgIpc) is 2.32. The van der Waals surface area contributed by atoms with E-state index in [1.807, 2.05) is 0 Å². The lowest BCUT2D eigenvalue weighted by atomic mass is 9.68. The molecule has 2 rings (SSSR count). The third-order valence-electron chi connectivity index (χ3n) is 4.03. The molecule has 2 N–H and O–H groups in total. The van der Waals surface area contributed by atoms with E-state index in [0.29, 0.717) is 0 Å². The van der Waals surface area contributed by atoms with Crippen LogP contribution in [0.2, 0.25) is 0 Å². The van der Waals surface area contributed by atoms with Gasteiger partial charge in [0.1, 0.15) is 11.6 Å². The molecule has 0 heterocycles. The summed E-state index contributed by atoms with van der Waals surface area (Å²) >= 11 is 0. The smallest absolute Gasteiger partial charge is 0.228 e. The summed E-state index contributed by atoms with van der Waals surface area (Å²) < 4.78 is 13.6. The van der Waals surface area contributed by atoms with Crippen molar-refractivity contribution in [2.45, 2.75) is 39.5 Å². The van der Waals surface area contributed by atoms with Crippen LogP contribution in [0, 0.1) is 17.2 Å². The van der Waals surface area contributed by atoms with Gasteiger partial charge in [0.05, 0.1) is 5.69 Å².